The van der Waals surface area contributed by atoms with Crippen LogP contribution in [0.2, 0.25) is 0 Å². The molecule has 0 saturated heterocycles. The summed E-state index contributed by atoms with van der Waals surface area (Å²) >= 11 is 0. The van der Waals surface area contributed by atoms with Crippen LogP contribution in [0, 0.1) is 0 Å². The molecule has 0 unspecified atom stereocenters. The van der Waals surface area contributed by atoms with Gasteiger partial charge >= 0.3 is 0 Å². The average molecular weight is 1080 g/mol. The Morgan fingerprint density at radius 3 is 1.43 bits per heavy atom. The number of benzene rings is 9. The number of furan rings is 1. The normalized spacial score (nSPS) is 13.7. The first-order chi connectivity index (χ1) is 38.6. The smallest absolute Gasteiger partial charge is 0.252 e. The van der Waals surface area contributed by atoms with Crippen LogP contribution < -0.4 is 31.1 Å². The van der Waals surface area contributed by atoms with Crippen LogP contribution in [0.4, 0.5) is 51.2 Å². The van der Waals surface area contributed by atoms with Gasteiger partial charge in [-0.1, -0.05) is 227 Å². The largest absolute Gasteiger partial charge is 0.454 e. The van der Waals surface area contributed by atoms with Crippen molar-refractivity contribution in [2.75, 3.05) is 14.7 Å². The summed E-state index contributed by atoms with van der Waals surface area (Å²) in [5.74, 6) is 0.375. The molecule has 2 aliphatic heterocycles. The van der Waals surface area contributed by atoms with Gasteiger partial charge < -0.3 is 19.1 Å². The van der Waals surface area contributed by atoms with Crippen molar-refractivity contribution >= 4 is 96.2 Å². The van der Waals surface area contributed by atoms with Gasteiger partial charge in [0.1, 0.15) is 5.58 Å². The van der Waals surface area contributed by atoms with E-state index in [-0.39, 0.29) is 33.8 Å². The lowest BCUT2D eigenvalue weighted by atomic mass is 9.33. The SMILES string of the molecule is CC(C)c1ccc(N(c2cc3c4c(c2)N(c2ccc(C(C)(C)C)cc2-c2ccc(C(C)(C)C)cc2)c2ccc(C(C)(C)C)cc2B4c2cc(C(C)(C)C)ccc2N3c2ccc(C(C)(C)C)cc2)c2cccc3c2oc2ccccc23)cc1. The van der Waals surface area contributed by atoms with Gasteiger partial charge in [0.25, 0.3) is 6.71 Å². The van der Waals surface area contributed by atoms with Crippen molar-refractivity contribution in [3.8, 4) is 11.1 Å². The van der Waals surface area contributed by atoms with E-state index in [0.29, 0.717) is 5.92 Å². The summed E-state index contributed by atoms with van der Waals surface area (Å²) in [5, 5.41) is 2.19. The first-order valence-corrected chi connectivity index (χ1v) is 29.9. The number of para-hydroxylation sites is 2. The average Bonchev–Trinajstić information content (AvgIpc) is 1.34. The van der Waals surface area contributed by atoms with E-state index in [2.05, 4.69) is 314 Å². The van der Waals surface area contributed by atoms with Crippen LogP contribution in [0.15, 0.2) is 186 Å². The van der Waals surface area contributed by atoms with E-state index >= 15 is 0 Å². The fourth-order valence-corrected chi connectivity index (χ4v) is 12.6. The van der Waals surface area contributed by atoms with E-state index in [4.69, 9.17) is 4.42 Å². The maximum absolute atomic E-state index is 7.03. The molecule has 3 heterocycles. The second-order valence-corrected chi connectivity index (χ2v) is 29.0. The summed E-state index contributed by atoms with van der Waals surface area (Å²) in [6, 6.07) is 70.2. The van der Waals surface area contributed by atoms with E-state index in [1.807, 2.05) is 0 Å². The summed E-state index contributed by atoms with van der Waals surface area (Å²) in [6.07, 6.45) is 0. The molecular formula is C77H82BN3O. The van der Waals surface area contributed by atoms with E-state index in [0.717, 1.165) is 61.8 Å². The number of nitrogens with zero attached hydrogens (tertiary/aromatic N) is 3. The van der Waals surface area contributed by atoms with Crippen LogP contribution in [-0.4, -0.2) is 6.71 Å². The molecule has 12 rings (SSSR count). The first kappa shape index (κ1) is 54.8. The van der Waals surface area contributed by atoms with Crippen LogP contribution in [0.25, 0.3) is 33.1 Å². The third-order valence-corrected chi connectivity index (χ3v) is 17.6. The van der Waals surface area contributed by atoms with Gasteiger partial charge in [0.05, 0.1) is 17.1 Å². The summed E-state index contributed by atoms with van der Waals surface area (Å²) in [7, 11) is 0. The molecule has 0 aliphatic carbocycles. The van der Waals surface area contributed by atoms with Crippen molar-refractivity contribution < 1.29 is 4.42 Å². The van der Waals surface area contributed by atoms with Gasteiger partial charge in [-0.05, 0) is 161 Å². The molecule has 82 heavy (non-hydrogen) atoms. The van der Waals surface area contributed by atoms with E-state index in [1.165, 1.54) is 72.3 Å². The third-order valence-electron chi connectivity index (χ3n) is 17.6. The van der Waals surface area contributed by atoms with Gasteiger partial charge in [0.15, 0.2) is 5.58 Å². The molecule has 0 N–H and O–H groups in total. The zero-order chi connectivity index (χ0) is 58.2. The maximum Gasteiger partial charge on any atom is 0.252 e. The van der Waals surface area contributed by atoms with Gasteiger partial charge in [-0.15, -0.1) is 0 Å². The third kappa shape index (κ3) is 9.52. The Hall–Kier alpha value is -7.76. The molecule has 0 fully saturated rings. The Morgan fingerprint density at radius 1 is 0.402 bits per heavy atom. The monoisotopic (exact) mass is 1080 g/mol. The summed E-state index contributed by atoms with van der Waals surface area (Å²) in [5.41, 5.74) is 25.6. The molecule has 2 aliphatic rings. The Balaban J connectivity index is 1.25. The highest BCUT2D eigenvalue weighted by molar-refractivity contribution is 7.00. The predicted molar refractivity (Wildman–Crippen MR) is 355 cm³/mol. The number of fused-ring (bicyclic) bond motifs is 7. The lowest BCUT2D eigenvalue weighted by Crippen LogP contribution is -2.61. The Kier molecular flexibility index (Phi) is 13.0. The quantitative estimate of drug-likeness (QED) is 0.148. The number of anilines is 9. The lowest BCUT2D eigenvalue weighted by Gasteiger charge is -2.46. The number of rotatable bonds is 7. The lowest BCUT2D eigenvalue weighted by molar-refractivity contribution is 0.590. The van der Waals surface area contributed by atoms with Crippen LogP contribution in [0.1, 0.15) is 157 Å². The molecule has 414 valence electrons. The molecule has 9 aromatic carbocycles. The topological polar surface area (TPSA) is 22.9 Å². The number of hydrogen-bond donors (Lipinski definition) is 0. The number of hydrogen-bond acceptors (Lipinski definition) is 4. The highest BCUT2D eigenvalue weighted by atomic mass is 16.3. The fourth-order valence-electron chi connectivity index (χ4n) is 12.6. The van der Waals surface area contributed by atoms with Gasteiger partial charge in [0, 0.05) is 50.5 Å². The molecule has 0 amide bonds. The van der Waals surface area contributed by atoms with Crippen molar-refractivity contribution in [3.63, 3.8) is 0 Å². The van der Waals surface area contributed by atoms with Gasteiger partial charge in [0.2, 0.25) is 0 Å². The fraction of sp³-hybridized carbons (Fsp3) is 0.299. The predicted octanol–water partition coefficient (Wildman–Crippen LogP) is 20.4. The van der Waals surface area contributed by atoms with E-state index < -0.39 is 0 Å². The Labute approximate surface area is 489 Å². The molecule has 0 saturated carbocycles. The zero-order valence-electron chi connectivity index (χ0n) is 51.7. The standard InChI is InChI=1S/C77H82BN3O/c1-48(2)49-27-36-56(37-28-49)79(67-23-20-22-60-59-21-18-19-24-70(59)82-72(60)67)58-46-68-71-69(47-58)81(64-40-33-53(75(9,10)11)43-61(64)50-25-29-51(30-26-50)73(3,4)5)66-42-35-55(77(15,16)17)45-63(66)78(71)62-44-54(76(12,13)14)34-41-65(62)80(68)57-38-31-52(32-39-57)74(6,7)8/h18-48H,1-17H3. The minimum absolute atomic E-state index is 0.00940. The van der Waals surface area contributed by atoms with Crippen molar-refractivity contribution in [1.29, 1.82) is 0 Å². The van der Waals surface area contributed by atoms with Crippen molar-refractivity contribution in [2.24, 2.45) is 0 Å². The van der Waals surface area contributed by atoms with Crippen LogP contribution in [-0.2, 0) is 27.1 Å². The molecular weight excluding hydrogens is 994 g/mol. The van der Waals surface area contributed by atoms with Crippen molar-refractivity contribution in [2.45, 2.75) is 151 Å². The van der Waals surface area contributed by atoms with Crippen LogP contribution in [0.5, 0.6) is 0 Å². The highest BCUT2D eigenvalue weighted by Gasteiger charge is 2.45. The minimum Gasteiger partial charge on any atom is -0.454 e. The van der Waals surface area contributed by atoms with E-state index in [9.17, 15) is 0 Å². The molecule has 5 heteroatoms. The molecule has 0 atom stereocenters. The minimum atomic E-state index is -0.101. The highest BCUT2D eigenvalue weighted by Crippen LogP contribution is 2.52. The Morgan fingerprint density at radius 2 is 0.878 bits per heavy atom. The molecule has 0 bridgehead atoms. The van der Waals surface area contributed by atoms with Gasteiger partial charge in [-0.2, -0.15) is 0 Å². The van der Waals surface area contributed by atoms with Gasteiger partial charge in [-0.25, -0.2) is 0 Å². The van der Waals surface area contributed by atoms with Crippen molar-refractivity contribution in [3.05, 3.63) is 215 Å². The van der Waals surface area contributed by atoms with Gasteiger partial charge in [-0.3, -0.25) is 0 Å². The zero-order valence-corrected chi connectivity index (χ0v) is 51.7. The Bertz CT molecular complexity index is 4090. The molecule has 10 aromatic rings. The second-order valence-electron chi connectivity index (χ2n) is 29.0. The maximum atomic E-state index is 7.03. The summed E-state index contributed by atoms with van der Waals surface area (Å²) < 4.78 is 7.03. The first-order valence-electron chi connectivity index (χ1n) is 29.9. The second kappa shape index (κ2) is 19.4. The summed E-state index contributed by atoms with van der Waals surface area (Å²) in [4.78, 5) is 7.69. The van der Waals surface area contributed by atoms with Crippen LogP contribution >= 0.6 is 0 Å². The molecule has 0 radical (unpaired) electrons. The molecule has 1 aromatic heterocycles. The van der Waals surface area contributed by atoms with E-state index in [1.54, 1.807) is 0 Å². The molecule has 4 nitrogen and oxygen atoms in total. The van der Waals surface area contributed by atoms with Crippen LogP contribution in [0.3, 0.4) is 0 Å². The summed E-state index contributed by atoms with van der Waals surface area (Å²) in [6.45, 7) is 39.4. The molecule has 0 spiro atoms. The van der Waals surface area contributed by atoms with Crippen molar-refractivity contribution in [1.82, 2.24) is 0 Å².